The molecular formula is C35H31F2N5O5. The third kappa shape index (κ3) is 6.54. The summed E-state index contributed by atoms with van der Waals surface area (Å²) in [7, 11) is 0. The molecule has 1 amide bonds. The molecule has 47 heavy (non-hydrogen) atoms. The number of hydrogen-bond acceptors (Lipinski definition) is 7. The summed E-state index contributed by atoms with van der Waals surface area (Å²) in [5.74, 6) is -1.90. The van der Waals surface area contributed by atoms with Crippen molar-refractivity contribution >= 4 is 22.9 Å². The summed E-state index contributed by atoms with van der Waals surface area (Å²) < 4.78 is 44.3. The van der Waals surface area contributed by atoms with Gasteiger partial charge >= 0.3 is 5.97 Å². The first-order valence-electron chi connectivity index (χ1n) is 15.3. The van der Waals surface area contributed by atoms with E-state index in [1.807, 2.05) is 11.5 Å². The smallest absolute Gasteiger partial charge is 0.335 e. The highest BCUT2D eigenvalue weighted by molar-refractivity contribution is 5.93. The monoisotopic (exact) mass is 639 g/mol. The van der Waals surface area contributed by atoms with Crippen LogP contribution in [-0.2, 0) is 24.3 Å². The predicted molar refractivity (Wildman–Crippen MR) is 167 cm³/mol. The summed E-state index contributed by atoms with van der Waals surface area (Å²) in [6.07, 6.45) is 4.22. The van der Waals surface area contributed by atoms with Gasteiger partial charge in [-0.25, -0.2) is 23.5 Å². The van der Waals surface area contributed by atoms with Crippen LogP contribution < -0.4 is 10.1 Å². The first-order valence-corrected chi connectivity index (χ1v) is 15.3. The van der Waals surface area contributed by atoms with Gasteiger partial charge in [-0.1, -0.05) is 12.1 Å². The Balaban J connectivity index is 1.07. The van der Waals surface area contributed by atoms with Crippen molar-refractivity contribution in [1.82, 2.24) is 24.8 Å². The number of carboxylic acids is 1. The van der Waals surface area contributed by atoms with E-state index in [9.17, 15) is 14.7 Å². The number of hydrogen-bond donors (Lipinski definition) is 2. The first-order chi connectivity index (χ1) is 22.6. The number of nitrogens with one attached hydrogen (secondary N) is 1. The van der Waals surface area contributed by atoms with Crippen LogP contribution in [0.1, 0.15) is 64.0 Å². The lowest BCUT2D eigenvalue weighted by molar-refractivity contribution is -0.0589. The zero-order chi connectivity index (χ0) is 32.7. The molecular weight excluding hydrogens is 608 g/mol. The van der Waals surface area contributed by atoms with Crippen LogP contribution >= 0.6 is 0 Å². The van der Waals surface area contributed by atoms with Crippen LogP contribution in [0.25, 0.3) is 22.3 Å². The highest BCUT2D eigenvalue weighted by Gasteiger charge is 2.39. The number of carbonyl (C=O) groups excluding carboxylic acids is 1. The quantitative estimate of drug-likeness (QED) is 0.188. The van der Waals surface area contributed by atoms with Crippen molar-refractivity contribution in [2.75, 3.05) is 6.61 Å². The fraction of sp³-hybridized carbons (Fsp3) is 0.286. The summed E-state index contributed by atoms with van der Waals surface area (Å²) >= 11 is 0. The number of pyridine rings is 2. The van der Waals surface area contributed by atoms with Crippen LogP contribution in [0.3, 0.4) is 0 Å². The molecule has 2 aliphatic rings. The average molecular weight is 640 g/mol. The van der Waals surface area contributed by atoms with Gasteiger partial charge in [-0.15, -0.1) is 0 Å². The fourth-order valence-corrected chi connectivity index (χ4v) is 5.46. The highest BCUT2D eigenvalue weighted by Crippen LogP contribution is 2.34. The van der Waals surface area contributed by atoms with Crippen molar-refractivity contribution in [2.45, 2.75) is 57.4 Å². The lowest BCUT2D eigenvalue weighted by Crippen LogP contribution is -2.34. The number of amides is 1. The second kappa shape index (κ2) is 12.2. The van der Waals surface area contributed by atoms with Crippen molar-refractivity contribution in [1.29, 1.82) is 0 Å². The molecule has 1 aliphatic heterocycles. The van der Waals surface area contributed by atoms with Gasteiger partial charge in [0.25, 0.3) is 5.91 Å². The lowest BCUT2D eigenvalue weighted by atomic mass is 10.0. The predicted octanol–water partition coefficient (Wildman–Crippen LogP) is 5.71. The van der Waals surface area contributed by atoms with Crippen LogP contribution in [0.4, 0.5) is 8.78 Å². The number of benzene rings is 2. The van der Waals surface area contributed by atoms with Gasteiger partial charge in [0.2, 0.25) is 5.88 Å². The molecule has 2 N–H and O–H groups in total. The van der Waals surface area contributed by atoms with E-state index in [2.05, 4.69) is 20.3 Å². The maximum absolute atomic E-state index is 15.6. The van der Waals surface area contributed by atoms with Crippen molar-refractivity contribution in [3.05, 3.63) is 107 Å². The van der Waals surface area contributed by atoms with Crippen LogP contribution in [0.15, 0.2) is 66.9 Å². The Morgan fingerprint density at radius 3 is 2.62 bits per heavy atom. The highest BCUT2D eigenvalue weighted by atomic mass is 19.1. The topological polar surface area (TPSA) is 128 Å². The number of nitrogens with zero attached hydrogens (tertiary/aromatic N) is 4. The molecule has 0 bridgehead atoms. The number of aromatic carboxylic acids is 1. The second-order valence-corrected chi connectivity index (χ2v) is 12.2. The minimum absolute atomic E-state index is 0.0166. The van der Waals surface area contributed by atoms with Gasteiger partial charge in [0.1, 0.15) is 29.8 Å². The Hall–Kier alpha value is -5.23. The van der Waals surface area contributed by atoms with Crippen LogP contribution in [0.2, 0.25) is 0 Å². The number of ether oxygens (including phenoxy) is 2. The molecule has 1 aliphatic carbocycles. The summed E-state index contributed by atoms with van der Waals surface area (Å²) in [4.78, 5) is 37.2. The van der Waals surface area contributed by atoms with E-state index in [1.165, 1.54) is 12.1 Å². The number of carboxylic acid groups (broad SMARTS) is 1. The van der Waals surface area contributed by atoms with Gasteiger partial charge in [-0.3, -0.25) is 9.78 Å². The molecule has 240 valence electrons. The van der Waals surface area contributed by atoms with Crippen LogP contribution in [-0.4, -0.2) is 54.8 Å². The Labute approximate surface area is 268 Å². The number of halogens is 2. The molecule has 2 aromatic carbocycles. The summed E-state index contributed by atoms with van der Waals surface area (Å²) in [6.45, 7) is 3.16. The van der Waals surface area contributed by atoms with Crippen molar-refractivity contribution in [3.8, 4) is 17.1 Å². The summed E-state index contributed by atoms with van der Waals surface area (Å²) in [6, 6.07) is 15.1. The maximum Gasteiger partial charge on any atom is 0.335 e. The maximum atomic E-state index is 15.6. The first kappa shape index (κ1) is 30.4. The molecule has 10 nitrogen and oxygen atoms in total. The molecule has 5 aromatic rings. The van der Waals surface area contributed by atoms with Crippen molar-refractivity contribution in [2.24, 2.45) is 0 Å². The summed E-state index contributed by atoms with van der Waals surface area (Å²) in [5.41, 5.74) is 2.41. The zero-order valence-corrected chi connectivity index (χ0v) is 25.5. The van der Waals surface area contributed by atoms with Crippen LogP contribution in [0, 0.1) is 11.6 Å². The van der Waals surface area contributed by atoms with E-state index in [-0.39, 0.29) is 58.8 Å². The molecule has 0 spiro atoms. The van der Waals surface area contributed by atoms with Gasteiger partial charge in [0.05, 0.1) is 34.9 Å². The summed E-state index contributed by atoms with van der Waals surface area (Å²) in [5, 5.41) is 12.5. The van der Waals surface area contributed by atoms with Gasteiger partial charge < -0.3 is 24.5 Å². The largest absolute Gasteiger partial charge is 0.478 e. The SMILES string of the molecule is CC1(NC(=O)c2ccc(COc3cccc(-c4cc(F)c(Cc5nc6ccc(C(=O)O)cc6n5C[C@@H]5CCO5)cc4F)n3)cn2)CC1. The molecule has 1 atom stereocenters. The molecule has 3 aromatic heterocycles. The fourth-order valence-electron chi connectivity index (χ4n) is 5.46. The Morgan fingerprint density at radius 1 is 1.09 bits per heavy atom. The Kier molecular flexibility index (Phi) is 7.88. The zero-order valence-electron chi connectivity index (χ0n) is 25.5. The minimum Gasteiger partial charge on any atom is -0.478 e. The van der Waals surface area contributed by atoms with Crippen molar-refractivity contribution in [3.63, 3.8) is 0 Å². The van der Waals surface area contributed by atoms with Gasteiger partial charge in [-0.05, 0) is 74.2 Å². The van der Waals surface area contributed by atoms with E-state index in [0.29, 0.717) is 41.3 Å². The number of aromatic nitrogens is 4. The Morgan fingerprint density at radius 2 is 1.91 bits per heavy atom. The Bertz CT molecular complexity index is 2000. The molecule has 0 radical (unpaired) electrons. The molecule has 7 rings (SSSR count). The number of imidazole rings is 1. The molecule has 4 heterocycles. The normalized spacial score (nSPS) is 16.4. The molecule has 12 heteroatoms. The van der Waals surface area contributed by atoms with Gasteiger partial charge in [0.15, 0.2) is 0 Å². The van der Waals surface area contributed by atoms with E-state index < -0.39 is 17.6 Å². The lowest BCUT2D eigenvalue weighted by Gasteiger charge is -2.27. The standard InChI is InChI=1S/C35H31F2N5O5/c1-35(10-11-35)41-33(43)29-7-5-20(17-38-29)19-47-32-4-2-3-27(40-32)24-16-25(36)22(13-26(24)37)15-31-39-28-8-6-21(34(44)45)14-30(28)42(31)18-23-9-12-46-23/h2-8,13-14,16-17,23H,9-12,15,18-19H2,1H3,(H,41,43)(H,44,45)/t23-/m0/s1. The number of fused-ring (bicyclic) bond motifs is 1. The van der Waals surface area contributed by atoms with E-state index in [0.717, 1.165) is 31.4 Å². The van der Waals surface area contributed by atoms with E-state index in [4.69, 9.17) is 9.47 Å². The third-order valence-corrected chi connectivity index (χ3v) is 8.60. The number of rotatable bonds is 11. The van der Waals surface area contributed by atoms with E-state index in [1.54, 1.807) is 42.6 Å². The van der Waals surface area contributed by atoms with Crippen molar-refractivity contribution < 1.29 is 33.0 Å². The second-order valence-electron chi connectivity index (χ2n) is 12.2. The van der Waals surface area contributed by atoms with Gasteiger partial charge in [0, 0.05) is 42.0 Å². The minimum atomic E-state index is -1.07. The number of carbonyl (C=O) groups is 2. The molecule has 2 fully saturated rings. The average Bonchev–Trinajstić information content (AvgIpc) is 3.67. The van der Waals surface area contributed by atoms with E-state index >= 15 is 8.78 Å². The molecule has 1 saturated carbocycles. The van der Waals surface area contributed by atoms with Crippen LogP contribution in [0.5, 0.6) is 5.88 Å². The molecule has 1 saturated heterocycles. The molecule has 0 unspecified atom stereocenters. The third-order valence-electron chi connectivity index (χ3n) is 8.60. The van der Waals surface area contributed by atoms with Gasteiger partial charge in [-0.2, -0.15) is 0 Å².